The summed E-state index contributed by atoms with van der Waals surface area (Å²) in [4.78, 5) is 7.20. The van der Waals surface area contributed by atoms with Crippen molar-refractivity contribution in [1.29, 1.82) is 0 Å². The van der Waals surface area contributed by atoms with Crippen LogP contribution in [0.4, 0.5) is 0 Å². The number of hydrogen-bond donors (Lipinski definition) is 2. The summed E-state index contributed by atoms with van der Waals surface area (Å²) >= 11 is 1.84. The van der Waals surface area contributed by atoms with Gasteiger partial charge in [-0.3, -0.25) is 4.99 Å². The second-order valence-electron chi connectivity index (χ2n) is 7.08. The van der Waals surface area contributed by atoms with Crippen LogP contribution in [0.15, 0.2) is 4.99 Å². The zero-order valence-electron chi connectivity index (χ0n) is 13.2. The van der Waals surface area contributed by atoms with E-state index in [-0.39, 0.29) is 0 Å². The summed E-state index contributed by atoms with van der Waals surface area (Å²) in [5.74, 6) is 2.92. The number of aliphatic hydroxyl groups is 1. The second kappa shape index (κ2) is 6.37. The van der Waals surface area contributed by atoms with Gasteiger partial charge in [0.1, 0.15) is 0 Å². The molecular formula is C16H29N3OS. The summed E-state index contributed by atoms with van der Waals surface area (Å²) in [5.41, 5.74) is -0.00753. The fraction of sp³-hybridized carbons (Fsp3) is 0.938. The summed E-state index contributed by atoms with van der Waals surface area (Å²) in [6, 6.07) is 0. The first-order valence-electron chi connectivity index (χ1n) is 8.48. The molecule has 3 rings (SSSR count). The first-order chi connectivity index (χ1) is 10.1. The molecule has 2 saturated heterocycles. The van der Waals surface area contributed by atoms with Crippen LogP contribution in [0.25, 0.3) is 0 Å². The van der Waals surface area contributed by atoms with Crippen molar-refractivity contribution < 1.29 is 5.11 Å². The van der Waals surface area contributed by atoms with Gasteiger partial charge in [0.15, 0.2) is 5.96 Å². The molecule has 1 saturated carbocycles. The summed E-state index contributed by atoms with van der Waals surface area (Å²) < 4.78 is 0. The molecule has 2 N–H and O–H groups in total. The maximum absolute atomic E-state index is 10.5. The van der Waals surface area contributed by atoms with Gasteiger partial charge in [-0.25, -0.2) is 0 Å². The van der Waals surface area contributed by atoms with Gasteiger partial charge in [0, 0.05) is 25.4 Å². The van der Waals surface area contributed by atoms with E-state index in [1.807, 2.05) is 11.8 Å². The Labute approximate surface area is 132 Å². The Balaban J connectivity index is 1.64. The van der Waals surface area contributed by atoms with Crippen LogP contribution in [-0.2, 0) is 0 Å². The van der Waals surface area contributed by atoms with E-state index in [0.29, 0.717) is 12.0 Å². The molecule has 2 heterocycles. The number of hydrogen-bond acceptors (Lipinski definition) is 3. The number of guanidine groups is 1. The van der Waals surface area contributed by atoms with Gasteiger partial charge in [0.25, 0.3) is 0 Å². The van der Waals surface area contributed by atoms with E-state index in [1.165, 1.54) is 32.1 Å². The number of rotatable bonds is 3. The standard InChI is InChI=1S/C16H29N3OS/c1-2-17-14(18-11-16(20)8-10-21-13-16)19-9-7-15(12-19)5-3-4-6-15/h20H,2-13H2,1H3,(H,17,18). The first-order valence-corrected chi connectivity index (χ1v) is 9.64. The summed E-state index contributed by atoms with van der Waals surface area (Å²) in [6.45, 7) is 5.85. The minimum atomic E-state index is -0.573. The quantitative estimate of drug-likeness (QED) is 0.619. The molecule has 0 aromatic heterocycles. The van der Waals surface area contributed by atoms with E-state index in [2.05, 4.69) is 17.1 Å². The number of likely N-dealkylation sites (tertiary alicyclic amines) is 1. The minimum absolute atomic E-state index is 0.547. The third-order valence-corrected chi connectivity index (χ3v) is 6.58. The zero-order valence-corrected chi connectivity index (χ0v) is 14.1. The van der Waals surface area contributed by atoms with Gasteiger partial charge in [-0.15, -0.1) is 0 Å². The fourth-order valence-electron chi connectivity index (χ4n) is 4.02. The van der Waals surface area contributed by atoms with E-state index in [4.69, 9.17) is 4.99 Å². The Morgan fingerprint density at radius 2 is 2.10 bits per heavy atom. The second-order valence-corrected chi connectivity index (χ2v) is 8.18. The minimum Gasteiger partial charge on any atom is -0.387 e. The normalized spacial score (nSPS) is 32.3. The van der Waals surface area contributed by atoms with Gasteiger partial charge in [-0.05, 0) is 43.8 Å². The topological polar surface area (TPSA) is 47.9 Å². The Hall–Kier alpha value is -0.420. The van der Waals surface area contributed by atoms with E-state index in [1.54, 1.807) is 0 Å². The Morgan fingerprint density at radius 1 is 1.29 bits per heavy atom. The molecule has 2 aliphatic heterocycles. The van der Waals surface area contributed by atoms with Crippen molar-refractivity contribution in [2.75, 3.05) is 37.7 Å². The van der Waals surface area contributed by atoms with Gasteiger partial charge in [0.05, 0.1) is 12.1 Å². The SMILES string of the molecule is CCNC(=NCC1(O)CCSC1)N1CCC2(CCCC2)C1. The molecule has 120 valence electrons. The van der Waals surface area contributed by atoms with Crippen molar-refractivity contribution in [3.8, 4) is 0 Å². The van der Waals surface area contributed by atoms with Gasteiger partial charge >= 0.3 is 0 Å². The molecule has 1 spiro atoms. The van der Waals surface area contributed by atoms with Crippen LogP contribution in [0.2, 0.25) is 0 Å². The van der Waals surface area contributed by atoms with Crippen LogP contribution in [0.1, 0.15) is 45.4 Å². The third-order valence-electron chi connectivity index (χ3n) is 5.34. The average Bonchev–Trinajstić information content (AvgIpc) is 3.19. The predicted molar refractivity (Wildman–Crippen MR) is 90.0 cm³/mol. The molecule has 5 heteroatoms. The molecule has 21 heavy (non-hydrogen) atoms. The van der Waals surface area contributed by atoms with Crippen LogP contribution in [0.5, 0.6) is 0 Å². The molecule has 0 aromatic rings. The van der Waals surface area contributed by atoms with Crippen LogP contribution in [0, 0.1) is 5.41 Å². The number of aliphatic imine (C=N–C) groups is 1. The van der Waals surface area contributed by atoms with Crippen LogP contribution in [-0.4, -0.2) is 59.3 Å². The molecule has 0 aromatic carbocycles. The molecule has 3 aliphatic rings. The van der Waals surface area contributed by atoms with Crippen molar-refractivity contribution in [3.05, 3.63) is 0 Å². The van der Waals surface area contributed by atoms with Gasteiger partial charge in [-0.1, -0.05) is 12.8 Å². The molecular weight excluding hydrogens is 282 g/mol. The maximum atomic E-state index is 10.5. The van der Waals surface area contributed by atoms with Crippen LogP contribution in [0.3, 0.4) is 0 Å². The number of thioether (sulfide) groups is 1. The largest absolute Gasteiger partial charge is 0.387 e. The maximum Gasteiger partial charge on any atom is 0.194 e. The molecule has 1 unspecified atom stereocenters. The molecule has 1 aliphatic carbocycles. The lowest BCUT2D eigenvalue weighted by Gasteiger charge is -2.27. The molecule has 3 fully saturated rings. The highest BCUT2D eigenvalue weighted by Crippen LogP contribution is 2.45. The summed E-state index contributed by atoms with van der Waals surface area (Å²) in [6.07, 6.45) is 7.78. The van der Waals surface area contributed by atoms with Crippen molar-refractivity contribution in [2.24, 2.45) is 10.4 Å². The molecule has 0 radical (unpaired) electrons. The van der Waals surface area contributed by atoms with Gasteiger partial charge in [0.2, 0.25) is 0 Å². The Bertz CT molecular complexity index is 387. The number of nitrogens with one attached hydrogen (secondary N) is 1. The van der Waals surface area contributed by atoms with Crippen molar-refractivity contribution in [3.63, 3.8) is 0 Å². The lowest BCUT2D eigenvalue weighted by Crippen LogP contribution is -2.42. The van der Waals surface area contributed by atoms with Crippen molar-refractivity contribution >= 4 is 17.7 Å². The van der Waals surface area contributed by atoms with Gasteiger partial charge in [-0.2, -0.15) is 11.8 Å². The van der Waals surface area contributed by atoms with Gasteiger partial charge < -0.3 is 15.3 Å². The fourth-order valence-corrected chi connectivity index (χ4v) is 5.30. The average molecular weight is 311 g/mol. The van der Waals surface area contributed by atoms with Crippen LogP contribution >= 0.6 is 11.8 Å². The lowest BCUT2D eigenvalue weighted by molar-refractivity contribution is 0.0776. The predicted octanol–water partition coefficient (Wildman–Crippen LogP) is 2.09. The molecule has 0 bridgehead atoms. The zero-order chi connectivity index (χ0) is 14.8. The highest BCUT2D eigenvalue weighted by atomic mass is 32.2. The smallest absolute Gasteiger partial charge is 0.194 e. The highest BCUT2D eigenvalue weighted by Gasteiger charge is 2.41. The van der Waals surface area contributed by atoms with E-state index >= 15 is 0 Å². The van der Waals surface area contributed by atoms with Crippen molar-refractivity contribution in [2.45, 2.75) is 51.0 Å². The highest BCUT2D eigenvalue weighted by molar-refractivity contribution is 7.99. The third kappa shape index (κ3) is 3.50. The monoisotopic (exact) mass is 311 g/mol. The van der Waals surface area contributed by atoms with E-state index in [9.17, 15) is 5.11 Å². The summed E-state index contributed by atoms with van der Waals surface area (Å²) in [7, 11) is 0. The first kappa shape index (κ1) is 15.5. The number of nitrogens with zero attached hydrogens (tertiary/aromatic N) is 2. The lowest BCUT2D eigenvalue weighted by atomic mass is 9.86. The van der Waals surface area contributed by atoms with E-state index in [0.717, 1.165) is 43.5 Å². The Morgan fingerprint density at radius 3 is 2.76 bits per heavy atom. The molecule has 0 amide bonds. The van der Waals surface area contributed by atoms with Crippen molar-refractivity contribution in [1.82, 2.24) is 10.2 Å². The van der Waals surface area contributed by atoms with Crippen LogP contribution < -0.4 is 5.32 Å². The molecule has 1 atom stereocenters. The van der Waals surface area contributed by atoms with E-state index < -0.39 is 5.60 Å². The molecule has 4 nitrogen and oxygen atoms in total. The summed E-state index contributed by atoms with van der Waals surface area (Å²) in [5, 5.41) is 13.9. The Kier molecular flexibility index (Phi) is 4.69.